The monoisotopic (exact) mass is 322 g/mol. The maximum absolute atomic E-state index is 12.1. The Morgan fingerprint density at radius 2 is 2.43 bits per heavy atom. The van der Waals surface area contributed by atoms with Crippen LogP contribution in [0.4, 0.5) is 5.95 Å². The Kier molecular flexibility index (Phi) is 3.58. The first-order valence-electron chi connectivity index (χ1n) is 8.02. The normalized spacial score (nSPS) is 25.0. The van der Waals surface area contributed by atoms with Crippen molar-refractivity contribution >= 4 is 23.0 Å². The zero-order chi connectivity index (χ0) is 17.4. The lowest BCUT2D eigenvalue weighted by atomic mass is 10.2. The lowest BCUT2D eigenvalue weighted by Crippen LogP contribution is -2.22. The van der Waals surface area contributed by atoms with Crippen LogP contribution in [-0.4, -0.2) is 42.7 Å². The molecule has 3 heterocycles. The van der Waals surface area contributed by atoms with Crippen LogP contribution < -0.4 is 10.9 Å². The lowest BCUT2D eigenvalue weighted by molar-refractivity contribution is -0.118. The number of carbonyl (C=O) groups excluding carboxylic acids is 1. The number of aliphatic hydroxyl groups excluding tert-OH is 1. The molecule has 1 fully saturated rings. The number of anilines is 1. The molecule has 9 nitrogen and oxygen atoms in total. The van der Waals surface area contributed by atoms with Gasteiger partial charge in [-0.15, -0.1) is 0 Å². The van der Waals surface area contributed by atoms with E-state index in [-0.39, 0.29) is 42.3 Å². The van der Waals surface area contributed by atoms with Crippen LogP contribution in [-0.2, 0) is 9.53 Å². The highest BCUT2D eigenvalue weighted by molar-refractivity contribution is 5.91. The fourth-order valence-electron chi connectivity index (χ4n) is 2.34. The third-order valence-corrected chi connectivity index (χ3v) is 3.71. The summed E-state index contributed by atoms with van der Waals surface area (Å²) in [5, 5.41) is 12.4. The first-order chi connectivity index (χ1) is 11.4. The molecule has 0 aliphatic carbocycles. The molecule has 1 saturated heterocycles. The van der Waals surface area contributed by atoms with Gasteiger partial charge in [0.05, 0.1) is 18.5 Å². The highest BCUT2D eigenvalue weighted by atomic mass is 16.5. The fourth-order valence-corrected chi connectivity index (χ4v) is 2.34. The number of imidazole rings is 1. The second-order valence-electron chi connectivity index (χ2n) is 5.81. The Morgan fingerprint density at radius 3 is 3.09 bits per heavy atom. The number of aliphatic hydroxyl groups is 1. The van der Waals surface area contributed by atoms with Crippen molar-refractivity contribution in [3.05, 3.63) is 16.7 Å². The number of nitrogens with one attached hydrogen (secondary N) is 2. The van der Waals surface area contributed by atoms with Crippen molar-refractivity contribution in [2.24, 2.45) is 5.92 Å². The van der Waals surface area contributed by atoms with Gasteiger partial charge in [-0.3, -0.25) is 24.5 Å². The molecule has 0 bridgehead atoms. The lowest BCUT2D eigenvalue weighted by Gasteiger charge is -2.13. The third-order valence-electron chi connectivity index (χ3n) is 3.71. The number of hydrogen-bond donors (Lipinski definition) is 3. The number of nitrogens with zero attached hydrogens (tertiary/aromatic N) is 3. The molecular formula is C14H19N5O4. The van der Waals surface area contributed by atoms with Gasteiger partial charge in [0.15, 0.2) is 11.2 Å². The van der Waals surface area contributed by atoms with Gasteiger partial charge in [-0.2, -0.15) is 4.98 Å². The zero-order valence-electron chi connectivity index (χ0n) is 13.8. The minimum absolute atomic E-state index is 0.0311. The molecule has 23 heavy (non-hydrogen) atoms. The third kappa shape index (κ3) is 2.84. The van der Waals surface area contributed by atoms with Crippen LogP contribution in [0, 0.1) is 5.92 Å². The Balaban J connectivity index is 1.97. The van der Waals surface area contributed by atoms with Gasteiger partial charge in [0.2, 0.25) is 11.9 Å². The molecule has 0 radical (unpaired) electrons. The highest BCUT2D eigenvalue weighted by Crippen LogP contribution is 2.30. The molecule has 2 aromatic heterocycles. The number of aromatic amines is 1. The zero-order valence-corrected chi connectivity index (χ0v) is 12.8. The van der Waals surface area contributed by atoms with Crippen LogP contribution in [0.1, 0.15) is 34.8 Å². The van der Waals surface area contributed by atoms with E-state index in [1.54, 1.807) is 13.8 Å². The van der Waals surface area contributed by atoms with Crippen LogP contribution in [0.5, 0.6) is 0 Å². The predicted octanol–water partition coefficient (Wildman–Crippen LogP) is 0.382. The maximum Gasteiger partial charge on any atom is 0.280 e. The molecule has 1 aliphatic rings. The number of fused-ring (bicyclic) bond motifs is 1. The Morgan fingerprint density at radius 1 is 1.65 bits per heavy atom. The van der Waals surface area contributed by atoms with Crippen LogP contribution in [0.3, 0.4) is 0 Å². The summed E-state index contributed by atoms with van der Waals surface area (Å²) in [5.74, 6) is -0.504. The smallest absolute Gasteiger partial charge is 0.280 e. The fraction of sp³-hybridized carbons (Fsp3) is 0.571. The van der Waals surface area contributed by atoms with Gasteiger partial charge in [0, 0.05) is 13.7 Å². The molecule has 3 atom stereocenters. The largest absolute Gasteiger partial charge is 0.390 e. The summed E-state index contributed by atoms with van der Waals surface area (Å²) >= 11 is 0. The number of rotatable bonds is 3. The van der Waals surface area contributed by atoms with Crippen molar-refractivity contribution in [1.29, 1.82) is 0 Å². The predicted molar refractivity (Wildman–Crippen MR) is 81.8 cm³/mol. The van der Waals surface area contributed by atoms with E-state index < -0.39 is 24.0 Å². The molecule has 124 valence electrons. The number of aromatic nitrogens is 4. The number of ether oxygens (including phenoxy) is 1. The second-order valence-corrected chi connectivity index (χ2v) is 5.81. The number of carbonyl (C=O) groups is 1. The summed E-state index contributed by atoms with van der Waals surface area (Å²) in [6.45, 7) is 3.39. The van der Waals surface area contributed by atoms with Gasteiger partial charge >= 0.3 is 0 Å². The Bertz CT molecular complexity index is 817. The Hall–Kier alpha value is -2.26. The molecule has 3 N–H and O–H groups in total. The first kappa shape index (κ1) is 14.3. The minimum Gasteiger partial charge on any atom is -0.390 e. The van der Waals surface area contributed by atoms with Crippen LogP contribution in [0.2, 0.25) is 0 Å². The van der Waals surface area contributed by atoms with E-state index in [1.807, 2.05) is 0 Å². The summed E-state index contributed by atoms with van der Waals surface area (Å²) < 4.78 is 14.5. The molecule has 2 aromatic rings. The quantitative estimate of drug-likeness (QED) is 0.751. The molecule has 0 aromatic carbocycles. The van der Waals surface area contributed by atoms with Crippen LogP contribution in [0.25, 0.3) is 11.2 Å². The summed E-state index contributed by atoms with van der Waals surface area (Å²) in [6.07, 6.45) is -0.230. The van der Waals surface area contributed by atoms with E-state index in [0.29, 0.717) is 0 Å². The van der Waals surface area contributed by atoms with Crippen LogP contribution in [0.15, 0.2) is 11.1 Å². The molecule has 1 unspecified atom stereocenters. The van der Waals surface area contributed by atoms with E-state index in [9.17, 15) is 14.7 Å². The van der Waals surface area contributed by atoms with Crippen molar-refractivity contribution in [2.45, 2.75) is 45.6 Å². The standard InChI is InChI=1S/C14H19N5O4/c1-6(2)12(21)17-14-16-11-10(13(22)18-14)15-5-19(11)9-4-8(20)7(3)23-9/h5-9,20H,4H2,1-3H3,(H2,16,17,18,21,22)/t7-,8-,9?/m1/s1/i3D. The second kappa shape index (κ2) is 5.74. The van der Waals surface area contributed by atoms with Crippen molar-refractivity contribution < 1.29 is 16.0 Å². The van der Waals surface area contributed by atoms with E-state index in [4.69, 9.17) is 6.11 Å². The summed E-state index contributed by atoms with van der Waals surface area (Å²) in [6, 6.07) is 0. The summed E-state index contributed by atoms with van der Waals surface area (Å²) in [4.78, 5) is 34.7. The summed E-state index contributed by atoms with van der Waals surface area (Å²) in [7, 11) is 0. The molecular weight excluding hydrogens is 302 g/mol. The molecule has 0 saturated carbocycles. The minimum atomic E-state index is -0.757. The van der Waals surface area contributed by atoms with E-state index >= 15 is 0 Å². The van der Waals surface area contributed by atoms with Gasteiger partial charge in [0.25, 0.3) is 5.56 Å². The van der Waals surface area contributed by atoms with Crippen LogP contribution >= 0.6 is 0 Å². The van der Waals surface area contributed by atoms with E-state index in [2.05, 4.69) is 20.3 Å². The van der Waals surface area contributed by atoms with Gasteiger partial charge < -0.3 is 9.84 Å². The Labute approximate surface area is 133 Å². The average molecular weight is 322 g/mol. The molecule has 0 spiro atoms. The molecule has 1 amide bonds. The van der Waals surface area contributed by atoms with Crippen molar-refractivity contribution in [3.63, 3.8) is 0 Å². The maximum atomic E-state index is 12.1. The van der Waals surface area contributed by atoms with Gasteiger partial charge in [-0.25, -0.2) is 4.98 Å². The van der Waals surface area contributed by atoms with Crippen molar-refractivity contribution in [3.8, 4) is 0 Å². The van der Waals surface area contributed by atoms with E-state index in [1.165, 1.54) is 10.9 Å². The number of hydrogen-bond acceptors (Lipinski definition) is 6. The SMILES string of the molecule is [2H]C[C@H]1OC(n2cnc3c(=O)[nH]c(NC(=O)C(C)C)nc32)C[C@H]1O. The van der Waals surface area contributed by atoms with Gasteiger partial charge in [-0.1, -0.05) is 13.8 Å². The first-order valence-corrected chi connectivity index (χ1v) is 7.31. The number of H-pyrrole nitrogens is 1. The molecule has 9 heteroatoms. The topological polar surface area (TPSA) is 122 Å². The number of amides is 1. The molecule has 3 rings (SSSR count). The van der Waals surface area contributed by atoms with Crippen molar-refractivity contribution in [2.75, 3.05) is 5.32 Å². The van der Waals surface area contributed by atoms with Gasteiger partial charge in [-0.05, 0) is 6.90 Å². The average Bonchev–Trinajstić information content (AvgIpc) is 3.10. The van der Waals surface area contributed by atoms with E-state index in [0.717, 1.165) is 0 Å². The van der Waals surface area contributed by atoms with Crippen molar-refractivity contribution in [1.82, 2.24) is 19.5 Å². The molecule has 1 aliphatic heterocycles. The highest BCUT2D eigenvalue weighted by Gasteiger charge is 2.33. The summed E-state index contributed by atoms with van der Waals surface area (Å²) in [5.41, 5.74) is -0.112. The van der Waals surface area contributed by atoms with Gasteiger partial charge in [0.1, 0.15) is 6.23 Å².